The van der Waals surface area contributed by atoms with E-state index in [4.69, 9.17) is 29.0 Å². The first-order valence-electron chi connectivity index (χ1n) is 11.8. The number of rotatable bonds is 21. The van der Waals surface area contributed by atoms with E-state index in [1.165, 1.54) is 0 Å². The quantitative estimate of drug-likeness (QED) is 0.111. The first-order valence-corrected chi connectivity index (χ1v) is 12.1. The van der Waals surface area contributed by atoms with Crippen LogP contribution in [-0.4, -0.2) is 112 Å². The highest BCUT2D eigenvalue weighted by molar-refractivity contribution is 6.13. The SMILES string of the molecule is CC(C)CC(C)C(=O)NCCN(CCN)CCN(Cl)CCN(CCN)CCNCCN. The lowest BCUT2D eigenvalue weighted by atomic mass is 9.98. The average Bonchev–Trinajstić information content (AvgIpc) is 2.72. The van der Waals surface area contributed by atoms with Crippen LogP contribution in [0.15, 0.2) is 0 Å². The Bertz CT molecular complexity index is 430. The Labute approximate surface area is 195 Å². The molecule has 0 saturated heterocycles. The van der Waals surface area contributed by atoms with Gasteiger partial charge in [-0.1, -0.05) is 20.8 Å². The van der Waals surface area contributed by atoms with Gasteiger partial charge in [0.1, 0.15) is 0 Å². The monoisotopic (exact) mass is 464 g/mol. The number of hydrogen-bond donors (Lipinski definition) is 5. The fraction of sp³-hybridized carbons (Fsp3) is 0.952. The number of hydrogen-bond acceptors (Lipinski definition) is 8. The van der Waals surface area contributed by atoms with Crippen LogP contribution in [0.1, 0.15) is 27.2 Å². The summed E-state index contributed by atoms with van der Waals surface area (Å²) in [6, 6.07) is 0. The molecule has 0 fully saturated rings. The maximum Gasteiger partial charge on any atom is 0.222 e. The summed E-state index contributed by atoms with van der Waals surface area (Å²) < 4.78 is 1.82. The molecule has 186 valence electrons. The first kappa shape index (κ1) is 30.5. The van der Waals surface area contributed by atoms with Gasteiger partial charge in [-0.05, 0) is 24.1 Å². The van der Waals surface area contributed by atoms with Crippen molar-refractivity contribution in [2.45, 2.75) is 27.2 Å². The Morgan fingerprint density at radius 1 is 0.774 bits per heavy atom. The molecule has 1 amide bonds. The van der Waals surface area contributed by atoms with Crippen LogP contribution in [-0.2, 0) is 4.79 Å². The van der Waals surface area contributed by atoms with Crippen LogP contribution in [0.3, 0.4) is 0 Å². The summed E-state index contributed by atoms with van der Waals surface area (Å²) in [5, 5.41) is 6.35. The molecule has 1 unspecified atom stereocenters. The summed E-state index contributed by atoms with van der Waals surface area (Å²) >= 11 is 6.44. The molecule has 0 aromatic rings. The minimum absolute atomic E-state index is 0.0447. The topological polar surface area (TPSA) is 129 Å². The fourth-order valence-electron chi connectivity index (χ4n) is 3.44. The van der Waals surface area contributed by atoms with Crippen molar-refractivity contribution in [2.75, 3.05) is 91.6 Å². The van der Waals surface area contributed by atoms with Gasteiger partial charge in [-0.15, -0.1) is 0 Å². The van der Waals surface area contributed by atoms with Crippen molar-refractivity contribution >= 4 is 17.7 Å². The molecule has 0 aromatic heterocycles. The maximum absolute atomic E-state index is 12.2. The van der Waals surface area contributed by atoms with Gasteiger partial charge < -0.3 is 27.8 Å². The minimum atomic E-state index is 0.0447. The van der Waals surface area contributed by atoms with E-state index in [1.807, 2.05) is 11.3 Å². The van der Waals surface area contributed by atoms with Crippen LogP contribution in [0.25, 0.3) is 0 Å². The third-order valence-electron chi connectivity index (χ3n) is 5.13. The lowest BCUT2D eigenvalue weighted by molar-refractivity contribution is -0.125. The predicted octanol–water partition coefficient (Wildman–Crippen LogP) is -0.690. The normalized spacial score (nSPS) is 13.0. The Morgan fingerprint density at radius 3 is 1.81 bits per heavy atom. The van der Waals surface area contributed by atoms with Crippen LogP contribution in [0.4, 0.5) is 0 Å². The van der Waals surface area contributed by atoms with Gasteiger partial charge in [0.15, 0.2) is 0 Å². The van der Waals surface area contributed by atoms with Gasteiger partial charge in [0.25, 0.3) is 0 Å². The maximum atomic E-state index is 12.2. The summed E-state index contributed by atoms with van der Waals surface area (Å²) in [4.78, 5) is 16.7. The number of amides is 1. The van der Waals surface area contributed by atoms with Crippen LogP contribution in [0.5, 0.6) is 0 Å². The zero-order valence-corrected chi connectivity index (χ0v) is 20.9. The molecule has 0 heterocycles. The van der Waals surface area contributed by atoms with Crippen LogP contribution < -0.4 is 27.8 Å². The smallest absolute Gasteiger partial charge is 0.222 e. The van der Waals surface area contributed by atoms with Crippen LogP contribution >= 0.6 is 11.8 Å². The molecule has 0 aliphatic carbocycles. The lowest BCUT2D eigenvalue weighted by Crippen LogP contribution is -2.43. The van der Waals surface area contributed by atoms with Crippen molar-refractivity contribution in [3.05, 3.63) is 0 Å². The first-order chi connectivity index (χ1) is 14.8. The Morgan fingerprint density at radius 2 is 1.32 bits per heavy atom. The molecule has 1 atom stereocenters. The van der Waals surface area contributed by atoms with E-state index < -0.39 is 0 Å². The summed E-state index contributed by atoms with van der Waals surface area (Å²) in [7, 11) is 0. The summed E-state index contributed by atoms with van der Waals surface area (Å²) in [6.07, 6.45) is 0.907. The number of halogens is 1. The summed E-state index contributed by atoms with van der Waals surface area (Å²) in [6.45, 7) is 17.0. The molecule has 0 aliphatic heterocycles. The van der Waals surface area contributed by atoms with E-state index in [0.717, 1.165) is 71.9 Å². The Kier molecular flexibility index (Phi) is 19.8. The van der Waals surface area contributed by atoms with Crippen molar-refractivity contribution < 1.29 is 4.79 Å². The van der Waals surface area contributed by atoms with Gasteiger partial charge in [0, 0.05) is 97.5 Å². The largest absolute Gasteiger partial charge is 0.355 e. The van der Waals surface area contributed by atoms with Crippen LogP contribution in [0.2, 0.25) is 0 Å². The van der Waals surface area contributed by atoms with E-state index in [2.05, 4.69) is 34.3 Å². The number of carbonyl (C=O) groups is 1. The molecule has 0 aliphatic rings. The number of nitrogens with one attached hydrogen (secondary N) is 2. The Hall–Kier alpha value is -0.520. The molecule has 0 spiro atoms. The van der Waals surface area contributed by atoms with Gasteiger partial charge in [-0.3, -0.25) is 14.6 Å². The second-order valence-corrected chi connectivity index (χ2v) is 9.01. The summed E-state index contributed by atoms with van der Waals surface area (Å²) in [5.41, 5.74) is 17.0. The molecule has 0 rings (SSSR count). The molecule has 0 radical (unpaired) electrons. The van der Waals surface area contributed by atoms with E-state index in [9.17, 15) is 4.79 Å². The molecular formula is C21H49ClN8O. The van der Waals surface area contributed by atoms with E-state index in [0.29, 0.717) is 32.1 Å². The average molecular weight is 465 g/mol. The molecule has 0 saturated carbocycles. The highest BCUT2D eigenvalue weighted by Crippen LogP contribution is 2.10. The molecule has 0 aromatic carbocycles. The van der Waals surface area contributed by atoms with E-state index in [-0.39, 0.29) is 11.8 Å². The second-order valence-electron chi connectivity index (χ2n) is 8.53. The van der Waals surface area contributed by atoms with E-state index >= 15 is 0 Å². The van der Waals surface area contributed by atoms with Crippen molar-refractivity contribution in [1.29, 1.82) is 0 Å². The van der Waals surface area contributed by atoms with Crippen molar-refractivity contribution in [3.8, 4) is 0 Å². The van der Waals surface area contributed by atoms with Crippen LogP contribution in [0, 0.1) is 11.8 Å². The fourth-order valence-corrected chi connectivity index (χ4v) is 3.59. The number of nitrogens with zero attached hydrogens (tertiary/aromatic N) is 3. The third-order valence-corrected chi connectivity index (χ3v) is 5.47. The molecule has 10 heteroatoms. The minimum Gasteiger partial charge on any atom is -0.355 e. The number of nitrogens with two attached hydrogens (primary N) is 3. The number of carbonyl (C=O) groups excluding carboxylic acids is 1. The summed E-state index contributed by atoms with van der Waals surface area (Å²) in [5.74, 6) is 0.691. The van der Waals surface area contributed by atoms with Crippen molar-refractivity contribution in [3.63, 3.8) is 0 Å². The van der Waals surface area contributed by atoms with E-state index in [1.54, 1.807) is 0 Å². The highest BCUT2D eigenvalue weighted by atomic mass is 35.5. The highest BCUT2D eigenvalue weighted by Gasteiger charge is 2.15. The van der Waals surface area contributed by atoms with Gasteiger partial charge in [-0.25, -0.2) is 4.42 Å². The van der Waals surface area contributed by atoms with Gasteiger partial charge >= 0.3 is 0 Å². The Balaban J connectivity index is 4.20. The molecule has 0 bridgehead atoms. The van der Waals surface area contributed by atoms with Crippen molar-refractivity contribution in [2.24, 2.45) is 29.0 Å². The molecule has 8 N–H and O–H groups in total. The van der Waals surface area contributed by atoms with Gasteiger partial charge in [0.05, 0.1) is 0 Å². The zero-order valence-electron chi connectivity index (χ0n) is 20.1. The second kappa shape index (κ2) is 20.1. The third kappa shape index (κ3) is 17.7. The molecule has 31 heavy (non-hydrogen) atoms. The standard InChI is InChI=1S/C21H49ClN8O/c1-19(2)18-20(3)21(31)27-9-13-29(11-6-25)15-17-30(22)16-14-28(10-5-24)12-8-26-7-4-23/h19-20,26H,4-18,23-25H2,1-3H3,(H,27,31). The molecule has 9 nitrogen and oxygen atoms in total. The van der Waals surface area contributed by atoms with Crippen molar-refractivity contribution in [1.82, 2.24) is 24.9 Å². The van der Waals surface area contributed by atoms with Gasteiger partial charge in [-0.2, -0.15) is 0 Å². The lowest BCUT2D eigenvalue weighted by Gasteiger charge is -2.26. The zero-order chi connectivity index (χ0) is 23.5. The van der Waals surface area contributed by atoms with Gasteiger partial charge in [0.2, 0.25) is 5.91 Å². The predicted molar refractivity (Wildman–Crippen MR) is 132 cm³/mol. The molecular weight excluding hydrogens is 416 g/mol.